The summed E-state index contributed by atoms with van der Waals surface area (Å²) in [5, 5.41) is 0. The first-order valence-electron chi connectivity index (χ1n) is 9.29. The monoisotopic (exact) mass is 300 g/mol. The number of allylic oxidation sites excluding steroid dienone is 6. The average molecular weight is 300 g/mol. The van der Waals surface area contributed by atoms with Gasteiger partial charge in [-0.2, -0.15) is 0 Å². The maximum atomic E-state index is 5.38. The summed E-state index contributed by atoms with van der Waals surface area (Å²) in [4.78, 5) is 0. The molecule has 1 atom stereocenters. The minimum absolute atomic E-state index is 0.345. The van der Waals surface area contributed by atoms with Gasteiger partial charge in [-0.05, 0) is 76.5 Å². The minimum Gasteiger partial charge on any atom is -0.384 e. The molecule has 0 aromatic carbocycles. The first-order valence-corrected chi connectivity index (χ1v) is 9.29. The van der Waals surface area contributed by atoms with E-state index in [1.165, 1.54) is 63.4 Å². The van der Waals surface area contributed by atoms with Crippen molar-refractivity contribution < 1.29 is 4.74 Å². The highest BCUT2D eigenvalue weighted by Gasteiger charge is 2.41. The zero-order valence-corrected chi connectivity index (χ0v) is 14.4. The molecule has 3 rings (SSSR count). The molecule has 0 aromatic rings. The third-order valence-corrected chi connectivity index (χ3v) is 6.27. The van der Waals surface area contributed by atoms with Crippen LogP contribution in [0, 0.1) is 17.3 Å². The van der Waals surface area contributed by atoms with Crippen LogP contribution in [0.2, 0.25) is 0 Å². The van der Waals surface area contributed by atoms with Crippen LogP contribution in [0.5, 0.6) is 0 Å². The number of hydrogen-bond donors (Lipinski definition) is 0. The van der Waals surface area contributed by atoms with Crippen molar-refractivity contribution in [3.05, 3.63) is 35.5 Å². The Morgan fingerprint density at radius 1 is 1.14 bits per heavy atom. The van der Waals surface area contributed by atoms with Crippen molar-refractivity contribution in [1.29, 1.82) is 0 Å². The van der Waals surface area contributed by atoms with Crippen LogP contribution in [0.1, 0.15) is 64.7 Å². The molecule has 1 saturated carbocycles. The minimum atomic E-state index is 0.345. The maximum absolute atomic E-state index is 5.38. The molecule has 0 heterocycles. The lowest BCUT2D eigenvalue weighted by Gasteiger charge is -2.46. The third kappa shape index (κ3) is 3.25. The van der Waals surface area contributed by atoms with Gasteiger partial charge in [0.1, 0.15) is 0 Å². The van der Waals surface area contributed by atoms with Crippen molar-refractivity contribution >= 4 is 0 Å². The first-order chi connectivity index (χ1) is 10.7. The van der Waals surface area contributed by atoms with E-state index in [1.807, 2.05) is 7.11 Å². The first kappa shape index (κ1) is 16.1. The van der Waals surface area contributed by atoms with Crippen LogP contribution < -0.4 is 0 Å². The fraction of sp³-hybridized carbons (Fsp3) is 0.714. The van der Waals surface area contributed by atoms with Gasteiger partial charge in [-0.15, -0.1) is 0 Å². The smallest absolute Gasteiger partial charge is 0.0490 e. The number of methoxy groups -OCH3 is 1. The van der Waals surface area contributed by atoms with Crippen molar-refractivity contribution in [3.63, 3.8) is 0 Å². The highest BCUT2D eigenvalue weighted by atomic mass is 16.5. The summed E-state index contributed by atoms with van der Waals surface area (Å²) in [5.41, 5.74) is 3.55. The Morgan fingerprint density at radius 2 is 1.95 bits per heavy atom. The molecule has 0 aliphatic heterocycles. The summed E-state index contributed by atoms with van der Waals surface area (Å²) in [7, 11) is 1.85. The lowest BCUT2D eigenvalue weighted by Crippen LogP contribution is -2.35. The van der Waals surface area contributed by atoms with E-state index in [-0.39, 0.29) is 0 Å². The molecule has 0 bridgehead atoms. The van der Waals surface area contributed by atoms with Crippen molar-refractivity contribution in [1.82, 2.24) is 0 Å². The molecule has 1 fully saturated rings. The van der Waals surface area contributed by atoms with E-state index in [9.17, 15) is 0 Å². The van der Waals surface area contributed by atoms with Gasteiger partial charge in [0.05, 0.1) is 0 Å². The van der Waals surface area contributed by atoms with E-state index < -0.39 is 0 Å². The highest BCUT2D eigenvalue weighted by molar-refractivity contribution is 5.35. The molecule has 3 aliphatic rings. The van der Waals surface area contributed by atoms with E-state index in [4.69, 9.17) is 4.74 Å². The molecule has 3 aliphatic carbocycles. The molecule has 0 amide bonds. The van der Waals surface area contributed by atoms with E-state index in [1.54, 1.807) is 5.57 Å². The molecule has 0 radical (unpaired) electrons. The third-order valence-electron chi connectivity index (χ3n) is 6.27. The molecule has 22 heavy (non-hydrogen) atoms. The van der Waals surface area contributed by atoms with E-state index in [2.05, 4.69) is 31.2 Å². The molecule has 0 aromatic heterocycles. The Balaban J connectivity index is 1.78. The number of hydrogen-bond acceptors (Lipinski definition) is 1. The fourth-order valence-electron chi connectivity index (χ4n) is 4.89. The normalized spacial score (nSPS) is 35.9. The van der Waals surface area contributed by atoms with Gasteiger partial charge in [0.15, 0.2) is 0 Å². The molecule has 0 saturated heterocycles. The van der Waals surface area contributed by atoms with Crippen LogP contribution in [0.3, 0.4) is 0 Å². The van der Waals surface area contributed by atoms with Gasteiger partial charge in [-0.25, -0.2) is 0 Å². The SMILES string of the molecule is COCC1CCC(C2(C3=CCCCC3)C=CC(C)=CC2)CC1. The van der Waals surface area contributed by atoms with Crippen LogP contribution in [-0.4, -0.2) is 13.7 Å². The second-order valence-electron chi connectivity index (χ2n) is 7.67. The van der Waals surface area contributed by atoms with E-state index in [0.717, 1.165) is 18.4 Å². The lowest BCUT2D eigenvalue weighted by atomic mass is 9.59. The summed E-state index contributed by atoms with van der Waals surface area (Å²) in [6.45, 7) is 3.20. The van der Waals surface area contributed by atoms with Crippen molar-refractivity contribution in [2.24, 2.45) is 17.3 Å². The molecule has 122 valence electrons. The van der Waals surface area contributed by atoms with Crippen LogP contribution in [0.25, 0.3) is 0 Å². The van der Waals surface area contributed by atoms with Gasteiger partial charge in [0.25, 0.3) is 0 Å². The Hall–Kier alpha value is -0.820. The van der Waals surface area contributed by atoms with Gasteiger partial charge < -0.3 is 4.74 Å². The summed E-state index contributed by atoms with van der Waals surface area (Å²) >= 11 is 0. The van der Waals surface area contributed by atoms with Gasteiger partial charge in [-0.1, -0.05) is 35.5 Å². The van der Waals surface area contributed by atoms with E-state index >= 15 is 0 Å². The Labute approximate surface area is 136 Å². The van der Waals surface area contributed by atoms with Gasteiger partial charge in [0.2, 0.25) is 0 Å². The van der Waals surface area contributed by atoms with Crippen molar-refractivity contribution in [3.8, 4) is 0 Å². The zero-order valence-electron chi connectivity index (χ0n) is 14.4. The molecule has 1 heteroatoms. The lowest BCUT2D eigenvalue weighted by molar-refractivity contribution is 0.0965. The quantitative estimate of drug-likeness (QED) is 0.593. The topological polar surface area (TPSA) is 9.23 Å². The number of rotatable bonds is 4. The van der Waals surface area contributed by atoms with Crippen LogP contribution in [0.15, 0.2) is 35.5 Å². The van der Waals surface area contributed by atoms with E-state index in [0.29, 0.717) is 5.41 Å². The van der Waals surface area contributed by atoms with Gasteiger partial charge in [0, 0.05) is 19.1 Å². The van der Waals surface area contributed by atoms with Gasteiger partial charge >= 0.3 is 0 Å². The standard InChI is InChI=1S/C21H32O/c1-17-12-14-21(15-13-17,19-6-4-3-5-7-19)20-10-8-18(9-11-20)16-22-2/h6,12-14,18,20H,3-5,7-11,15-16H2,1-2H3. The van der Waals surface area contributed by atoms with Gasteiger partial charge in [-0.3, -0.25) is 0 Å². The Morgan fingerprint density at radius 3 is 2.55 bits per heavy atom. The fourth-order valence-corrected chi connectivity index (χ4v) is 4.89. The molecule has 1 unspecified atom stereocenters. The Bertz CT molecular complexity index is 462. The predicted molar refractivity (Wildman–Crippen MR) is 93.8 cm³/mol. The number of ether oxygens (including phenoxy) is 1. The second-order valence-corrected chi connectivity index (χ2v) is 7.67. The van der Waals surface area contributed by atoms with Crippen molar-refractivity contribution in [2.45, 2.75) is 64.7 Å². The second kappa shape index (κ2) is 7.17. The molecule has 0 spiro atoms. The Kier molecular flexibility index (Phi) is 5.23. The molecule has 1 nitrogen and oxygen atoms in total. The molecular weight excluding hydrogens is 268 g/mol. The summed E-state index contributed by atoms with van der Waals surface area (Å²) < 4.78 is 5.38. The van der Waals surface area contributed by atoms with Crippen LogP contribution >= 0.6 is 0 Å². The zero-order chi connectivity index (χ0) is 15.4. The maximum Gasteiger partial charge on any atom is 0.0490 e. The van der Waals surface area contributed by atoms with Crippen LogP contribution in [-0.2, 0) is 4.74 Å². The van der Waals surface area contributed by atoms with Crippen LogP contribution in [0.4, 0.5) is 0 Å². The summed E-state index contributed by atoms with van der Waals surface area (Å²) in [6.07, 6.45) is 22.1. The molecular formula is C21H32O. The predicted octanol–water partition coefficient (Wildman–Crippen LogP) is 5.83. The highest BCUT2D eigenvalue weighted by Crippen LogP contribution is 2.52. The van der Waals surface area contributed by atoms with Crippen molar-refractivity contribution in [2.75, 3.05) is 13.7 Å². The summed E-state index contributed by atoms with van der Waals surface area (Å²) in [5.74, 6) is 1.63. The molecule has 0 N–H and O–H groups in total. The summed E-state index contributed by atoms with van der Waals surface area (Å²) in [6, 6.07) is 0. The largest absolute Gasteiger partial charge is 0.384 e. The average Bonchev–Trinajstić information content (AvgIpc) is 2.58.